The molecule has 6 rings (SSSR count). The Morgan fingerprint density at radius 1 is 0.500 bits per heavy atom. The molecule has 0 aliphatic heterocycles. The van der Waals surface area contributed by atoms with Crippen molar-refractivity contribution in [2.24, 2.45) is 11.3 Å². The Bertz CT molecular complexity index is 2080. The second-order valence-corrected chi connectivity index (χ2v) is 17.6. The molecular weight excluding hydrogens is 629 g/mol. The lowest BCUT2D eigenvalue weighted by Crippen LogP contribution is -2.31. The van der Waals surface area contributed by atoms with Crippen molar-refractivity contribution in [1.82, 2.24) is 0 Å². The van der Waals surface area contributed by atoms with Crippen molar-refractivity contribution in [3.05, 3.63) is 166 Å². The van der Waals surface area contributed by atoms with Crippen LogP contribution in [0.5, 0.6) is 0 Å². The molecule has 0 N–H and O–H groups in total. The summed E-state index contributed by atoms with van der Waals surface area (Å²) in [6, 6.07) is 43.1. The van der Waals surface area contributed by atoms with Crippen molar-refractivity contribution in [2.75, 3.05) is 9.80 Å². The van der Waals surface area contributed by atoms with Crippen molar-refractivity contribution in [2.45, 2.75) is 93.9 Å². The lowest BCUT2D eigenvalue weighted by Gasteiger charge is -2.41. The summed E-state index contributed by atoms with van der Waals surface area (Å²) in [6.45, 7) is 27.3. The second-order valence-electron chi connectivity index (χ2n) is 17.6. The van der Waals surface area contributed by atoms with Gasteiger partial charge in [-0.2, -0.15) is 0 Å². The summed E-state index contributed by atoms with van der Waals surface area (Å²) in [5.41, 5.74) is 16.3. The molecule has 0 spiro atoms. The van der Waals surface area contributed by atoms with E-state index in [4.69, 9.17) is 0 Å². The van der Waals surface area contributed by atoms with E-state index < -0.39 is 0 Å². The van der Waals surface area contributed by atoms with Gasteiger partial charge in [0.15, 0.2) is 0 Å². The van der Waals surface area contributed by atoms with Crippen LogP contribution in [0.4, 0.5) is 28.4 Å². The SMILES string of the molecule is Cc1ccc(N(C2=CC(C)C(c3ccc(N(c4ccc(C)cc4)c4ccc(C(C)(C)C)cc4)cc3C)=CC2(C)C)c2ccc(C(C)(C)C)cc2)cc1. The van der Waals surface area contributed by atoms with Gasteiger partial charge in [0, 0.05) is 45.5 Å². The standard InChI is InChI=1S/C50H58N2/c1-34-13-21-40(22-14-34)51(41-25-17-38(18-26-41)48(5,6)7)44-29-30-45(36(3)31-44)46-33-50(11,12)47(32-37(46)4)52(42-23-15-35(2)16-24-42)43-27-19-39(20-28-43)49(8,9)10/h13-33,37H,1-12H3. The van der Waals surface area contributed by atoms with E-state index in [1.165, 1.54) is 56.0 Å². The van der Waals surface area contributed by atoms with E-state index in [1.54, 1.807) is 0 Å². The van der Waals surface area contributed by atoms with Crippen LogP contribution in [0.15, 0.2) is 133 Å². The van der Waals surface area contributed by atoms with Gasteiger partial charge in [-0.15, -0.1) is 0 Å². The van der Waals surface area contributed by atoms with Crippen LogP contribution in [0.3, 0.4) is 0 Å². The third-order valence-electron chi connectivity index (χ3n) is 10.7. The van der Waals surface area contributed by atoms with Gasteiger partial charge in [0.2, 0.25) is 0 Å². The average Bonchev–Trinajstić information content (AvgIpc) is 3.08. The van der Waals surface area contributed by atoms with Gasteiger partial charge in [0.1, 0.15) is 0 Å². The quantitative estimate of drug-likeness (QED) is 0.168. The van der Waals surface area contributed by atoms with Crippen molar-refractivity contribution in [3.8, 4) is 0 Å². The zero-order chi connectivity index (χ0) is 37.6. The summed E-state index contributed by atoms with van der Waals surface area (Å²) in [5.74, 6) is 0.229. The normalized spacial score (nSPS) is 15.9. The first kappa shape index (κ1) is 37.0. The topological polar surface area (TPSA) is 6.48 Å². The van der Waals surface area contributed by atoms with E-state index in [0.29, 0.717) is 0 Å². The molecule has 0 radical (unpaired) electrons. The summed E-state index contributed by atoms with van der Waals surface area (Å²) in [4.78, 5) is 4.85. The van der Waals surface area contributed by atoms with E-state index in [0.717, 1.165) is 17.1 Å². The predicted octanol–water partition coefficient (Wildman–Crippen LogP) is 14.5. The van der Waals surface area contributed by atoms with Crippen LogP contribution in [0.25, 0.3) is 5.57 Å². The lowest BCUT2D eigenvalue weighted by molar-refractivity contribution is 0.548. The van der Waals surface area contributed by atoms with E-state index >= 15 is 0 Å². The van der Waals surface area contributed by atoms with Gasteiger partial charge in [-0.25, -0.2) is 0 Å². The Labute approximate surface area is 314 Å². The summed E-state index contributed by atoms with van der Waals surface area (Å²) in [6.07, 6.45) is 5.01. The third-order valence-corrected chi connectivity index (χ3v) is 10.7. The van der Waals surface area contributed by atoms with Crippen LogP contribution in [0, 0.1) is 32.1 Å². The van der Waals surface area contributed by atoms with Gasteiger partial charge >= 0.3 is 0 Å². The molecule has 0 saturated heterocycles. The molecule has 2 nitrogen and oxygen atoms in total. The van der Waals surface area contributed by atoms with E-state index in [-0.39, 0.29) is 22.2 Å². The summed E-state index contributed by atoms with van der Waals surface area (Å²) >= 11 is 0. The lowest BCUT2D eigenvalue weighted by atomic mass is 9.74. The molecule has 268 valence electrons. The molecule has 1 aliphatic carbocycles. The largest absolute Gasteiger partial charge is 0.314 e. The Kier molecular flexibility index (Phi) is 9.92. The van der Waals surface area contributed by atoms with Gasteiger partial charge in [-0.1, -0.05) is 140 Å². The van der Waals surface area contributed by atoms with Crippen LogP contribution in [-0.4, -0.2) is 0 Å². The molecule has 0 saturated carbocycles. The number of rotatable bonds is 7. The maximum absolute atomic E-state index is 2.52. The van der Waals surface area contributed by atoms with Crippen LogP contribution >= 0.6 is 0 Å². The predicted molar refractivity (Wildman–Crippen MR) is 227 cm³/mol. The molecule has 5 aromatic rings. The van der Waals surface area contributed by atoms with Gasteiger partial charge in [-0.05, 0) is 120 Å². The highest BCUT2D eigenvalue weighted by Crippen LogP contribution is 2.48. The first-order valence-electron chi connectivity index (χ1n) is 18.9. The molecule has 0 fully saturated rings. The Morgan fingerprint density at radius 2 is 0.885 bits per heavy atom. The van der Waals surface area contributed by atoms with E-state index in [9.17, 15) is 0 Å². The number of nitrogens with zero attached hydrogens (tertiary/aromatic N) is 2. The second kappa shape index (κ2) is 14.0. The van der Waals surface area contributed by atoms with Gasteiger partial charge in [0.25, 0.3) is 0 Å². The molecule has 1 atom stereocenters. The van der Waals surface area contributed by atoms with Crippen LogP contribution < -0.4 is 9.80 Å². The summed E-state index contributed by atoms with van der Waals surface area (Å²) in [7, 11) is 0. The highest BCUT2D eigenvalue weighted by Gasteiger charge is 2.34. The number of hydrogen-bond acceptors (Lipinski definition) is 2. The summed E-state index contributed by atoms with van der Waals surface area (Å²) in [5, 5.41) is 0. The fourth-order valence-corrected chi connectivity index (χ4v) is 7.42. The minimum absolute atomic E-state index is 0.101. The zero-order valence-corrected chi connectivity index (χ0v) is 33.6. The van der Waals surface area contributed by atoms with Crippen LogP contribution in [0.2, 0.25) is 0 Å². The molecule has 5 aromatic carbocycles. The number of benzene rings is 5. The summed E-state index contributed by atoms with van der Waals surface area (Å²) < 4.78 is 0. The number of allylic oxidation sites excluding steroid dienone is 3. The zero-order valence-electron chi connectivity index (χ0n) is 33.6. The van der Waals surface area contributed by atoms with Crippen molar-refractivity contribution in [1.29, 1.82) is 0 Å². The Balaban J connectivity index is 1.38. The Hall–Kier alpha value is -4.82. The van der Waals surface area contributed by atoms with E-state index in [1.807, 2.05) is 0 Å². The van der Waals surface area contributed by atoms with Gasteiger partial charge < -0.3 is 9.80 Å². The van der Waals surface area contributed by atoms with Crippen molar-refractivity contribution >= 4 is 34.0 Å². The van der Waals surface area contributed by atoms with Crippen molar-refractivity contribution in [3.63, 3.8) is 0 Å². The minimum atomic E-state index is -0.219. The Morgan fingerprint density at radius 3 is 1.29 bits per heavy atom. The minimum Gasteiger partial charge on any atom is -0.314 e. The maximum Gasteiger partial charge on any atom is 0.0464 e. The highest BCUT2D eigenvalue weighted by molar-refractivity contribution is 5.82. The van der Waals surface area contributed by atoms with Crippen molar-refractivity contribution < 1.29 is 0 Å². The molecule has 2 heteroatoms. The monoisotopic (exact) mass is 686 g/mol. The van der Waals surface area contributed by atoms with Crippen LogP contribution in [0.1, 0.15) is 95.7 Å². The number of aryl methyl sites for hydroxylation is 3. The highest BCUT2D eigenvalue weighted by atomic mass is 15.2. The molecule has 0 aromatic heterocycles. The fraction of sp³-hybridized carbons (Fsp3) is 0.320. The molecule has 1 unspecified atom stereocenters. The molecule has 0 heterocycles. The van der Waals surface area contributed by atoms with Gasteiger partial charge in [-0.3, -0.25) is 0 Å². The molecule has 1 aliphatic rings. The first-order chi connectivity index (χ1) is 24.4. The first-order valence-corrected chi connectivity index (χ1v) is 18.9. The molecule has 52 heavy (non-hydrogen) atoms. The molecule has 0 bridgehead atoms. The van der Waals surface area contributed by atoms with Gasteiger partial charge in [0.05, 0.1) is 0 Å². The van der Waals surface area contributed by atoms with Crippen LogP contribution in [-0.2, 0) is 10.8 Å². The third kappa shape index (κ3) is 7.68. The average molecular weight is 687 g/mol. The molecular formula is C50H58N2. The smallest absolute Gasteiger partial charge is 0.0464 e. The van der Waals surface area contributed by atoms with E-state index in [2.05, 4.69) is 220 Å². The maximum atomic E-state index is 2.52. The number of anilines is 5. The number of hydrogen-bond donors (Lipinski definition) is 0. The molecule has 0 amide bonds. The fourth-order valence-electron chi connectivity index (χ4n) is 7.42.